The molecule has 160 valence electrons. The molecule has 6 rings (SSSR count). The van der Waals surface area contributed by atoms with Crippen LogP contribution in [0, 0.1) is 25.1 Å². The van der Waals surface area contributed by atoms with E-state index >= 15 is 0 Å². The first-order valence-electron chi connectivity index (χ1n) is 11.2. The Morgan fingerprint density at radius 2 is 1.75 bits per heavy atom. The fourth-order valence-electron chi connectivity index (χ4n) is 5.50. The lowest BCUT2D eigenvalue weighted by molar-refractivity contribution is -0.646. The summed E-state index contributed by atoms with van der Waals surface area (Å²) in [5.41, 5.74) is 9.03. The van der Waals surface area contributed by atoms with Gasteiger partial charge < -0.3 is 4.40 Å². The number of hydrogen-bond donors (Lipinski definition) is 0. The van der Waals surface area contributed by atoms with E-state index in [1.165, 1.54) is 32.8 Å². The Labute approximate surface area is 186 Å². The fraction of sp³-hybridized carbons (Fsp3) is 0.286. The quantitative estimate of drug-likeness (QED) is 0.166. The molecule has 0 aliphatic rings. The van der Waals surface area contributed by atoms with Crippen LogP contribution in [0.1, 0.15) is 37.5 Å². The summed E-state index contributed by atoms with van der Waals surface area (Å²) < 4.78 is 19.1. The lowest BCUT2D eigenvalue weighted by Gasteiger charge is -2.18. The van der Waals surface area contributed by atoms with Crippen molar-refractivity contribution in [2.75, 3.05) is 0 Å². The molecule has 6 aromatic rings. The van der Waals surface area contributed by atoms with Gasteiger partial charge in [0, 0.05) is 16.8 Å². The monoisotopic (exact) mass is 424 g/mol. The van der Waals surface area contributed by atoms with Gasteiger partial charge in [0.25, 0.3) is 6.33 Å². The lowest BCUT2D eigenvalue weighted by Crippen LogP contribution is -2.30. The van der Waals surface area contributed by atoms with Crippen LogP contribution in [-0.4, -0.2) is 9.38 Å². The van der Waals surface area contributed by atoms with Crippen LogP contribution in [-0.2, 0) is 13.5 Å². The van der Waals surface area contributed by atoms with Gasteiger partial charge in [-0.15, -0.1) is 0 Å². The Kier molecular flexibility index (Phi) is 3.74. The highest BCUT2D eigenvalue weighted by atomic mass is 19.1. The first kappa shape index (κ1) is 19.4. The van der Waals surface area contributed by atoms with Gasteiger partial charge in [-0.1, -0.05) is 26.8 Å². The molecule has 0 aliphatic carbocycles. The molecule has 3 aromatic carbocycles. The minimum Gasteiger partial charge on any atom is -0.307 e. The highest BCUT2D eigenvalue weighted by Crippen LogP contribution is 2.42. The summed E-state index contributed by atoms with van der Waals surface area (Å²) in [6, 6.07) is 12.3. The van der Waals surface area contributed by atoms with Gasteiger partial charge in [0.15, 0.2) is 5.52 Å². The number of hydrogen-bond acceptors (Lipinski definition) is 1. The normalized spacial score (nSPS) is 13.0. The van der Waals surface area contributed by atoms with Gasteiger partial charge in [0.1, 0.15) is 11.3 Å². The van der Waals surface area contributed by atoms with Crippen molar-refractivity contribution in [1.82, 2.24) is 9.38 Å². The van der Waals surface area contributed by atoms with Crippen LogP contribution < -0.4 is 4.57 Å². The third-order valence-corrected chi connectivity index (χ3v) is 6.87. The van der Waals surface area contributed by atoms with E-state index in [0.29, 0.717) is 5.52 Å². The van der Waals surface area contributed by atoms with Crippen LogP contribution in [0.5, 0.6) is 0 Å². The molecule has 0 unspecified atom stereocenters. The molecule has 0 saturated carbocycles. The summed E-state index contributed by atoms with van der Waals surface area (Å²) in [6.45, 7) is 11.2. The maximum atomic E-state index is 14.7. The number of rotatable bonds is 1. The molecule has 0 N–H and O–H groups in total. The van der Waals surface area contributed by atoms with Crippen LogP contribution in [0.25, 0.3) is 49.1 Å². The van der Waals surface area contributed by atoms with E-state index in [9.17, 15) is 4.39 Å². The second-order valence-corrected chi connectivity index (χ2v) is 10.5. The number of aryl methyl sites for hydroxylation is 3. The molecule has 4 heteroatoms. The highest BCUT2D eigenvalue weighted by molar-refractivity contribution is 6.25. The zero-order valence-electron chi connectivity index (χ0n) is 19.5. The molecule has 0 amide bonds. The summed E-state index contributed by atoms with van der Waals surface area (Å²) in [5.74, 6) is -0.258. The smallest absolute Gasteiger partial charge is 0.287 e. The van der Waals surface area contributed by atoms with Gasteiger partial charge in [-0.25, -0.2) is 8.96 Å². The molecule has 0 spiro atoms. The average Bonchev–Trinajstić information content (AvgIpc) is 3.02. The molecule has 0 aliphatic heterocycles. The molecule has 3 aromatic heterocycles. The summed E-state index contributed by atoms with van der Waals surface area (Å²) >= 11 is 0. The van der Waals surface area contributed by atoms with E-state index in [1.54, 1.807) is 18.5 Å². The van der Waals surface area contributed by atoms with Crippen molar-refractivity contribution < 1.29 is 8.96 Å². The number of benzene rings is 3. The van der Waals surface area contributed by atoms with E-state index in [-0.39, 0.29) is 11.2 Å². The number of aromatic nitrogens is 3. The molecule has 0 saturated heterocycles. The van der Waals surface area contributed by atoms with Crippen molar-refractivity contribution >= 4 is 49.1 Å². The third kappa shape index (κ3) is 2.52. The van der Waals surface area contributed by atoms with E-state index < -0.39 is 0 Å². The summed E-state index contributed by atoms with van der Waals surface area (Å²) in [6.07, 6.45) is 2.81. The molecular weight excluding hydrogens is 397 g/mol. The van der Waals surface area contributed by atoms with Crippen molar-refractivity contribution in [1.29, 1.82) is 0 Å². The maximum Gasteiger partial charge on any atom is 0.287 e. The second-order valence-electron chi connectivity index (χ2n) is 10.5. The zero-order valence-corrected chi connectivity index (χ0v) is 19.5. The molecule has 0 fully saturated rings. The number of pyridine rings is 1. The van der Waals surface area contributed by atoms with Crippen LogP contribution in [0.15, 0.2) is 42.7 Å². The number of fused-ring (bicyclic) bond motifs is 5. The van der Waals surface area contributed by atoms with Gasteiger partial charge >= 0.3 is 0 Å². The fourth-order valence-corrected chi connectivity index (χ4v) is 5.50. The Balaban J connectivity index is 1.95. The van der Waals surface area contributed by atoms with Crippen molar-refractivity contribution in [2.24, 2.45) is 12.5 Å². The van der Waals surface area contributed by atoms with Crippen LogP contribution in [0.2, 0.25) is 0 Å². The second kappa shape index (κ2) is 6.16. The van der Waals surface area contributed by atoms with Crippen LogP contribution >= 0.6 is 0 Å². The third-order valence-electron chi connectivity index (χ3n) is 6.87. The SMILES string of the molecule is Cc1cc2c3cc(CC(C)(C)C)ccc3n3c4cc(F)cc5nc[n+](C)c(c(c1C)c23)c54. The molecule has 0 atom stereocenters. The Morgan fingerprint density at radius 1 is 0.969 bits per heavy atom. The predicted molar refractivity (Wildman–Crippen MR) is 130 cm³/mol. The summed E-state index contributed by atoms with van der Waals surface area (Å²) in [5, 5.41) is 4.69. The molecular formula is C28H27FN3+. The van der Waals surface area contributed by atoms with Crippen molar-refractivity contribution in [3.63, 3.8) is 0 Å². The molecule has 32 heavy (non-hydrogen) atoms. The van der Waals surface area contributed by atoms with Gasteiger partial charge in [0.2, 0.25) is 0 Å². The Bertz CT molecular complexity index is 1720. The first-order valence-corrected chi connectivity index (χ1v) is 11.2. The lowest BCUT2D eigenvalue weighted by atomic mass is 9.87. The molecule has 3 nitrogen and oxygen atoms in total. The van der Waals surface area contributed by atoms with E-state index in [4.69, 9.17) is 0 Å². The van der Waals surface area contributed by atoms with Crippen molar-refractivity contribution in [2.45, 2.75) is 41.0 Å². The maximum absolute atomic E-state index is 14.7. The first-order chi connectivity index (χ1) is 15.1. The van der Waals surface area contributed by atoms with Gasteiger partial charge in [0.05, 0.1) is 34.4 Å². The van der Waals surface area contributed by atoms with E-state index in [2.05, 4.69) is 72.8 Å². The van der Waals surface area contributed by atoms with Crippen LogP contribution in [0.4, 0.5) is 4.39 Å². The Hall–Kier alpha value is -3.27. The summed E-state index contributed by atoms with van der Waals surface area (Å²) in [7, 11) is 2.03. The van der Waals surface area contributed by atoms with E-state index in [1.807, 2.05) is 7.05 Å². The van der Waals surface area contributed by atoms with Gasteiger partial charge in [-0.2, -0.15) is 0 Å². The van der Waals surface area contributed by atoms with Gasteiger partial charge in [-0.3, -0.25) is 0 Å². The minimum absolute atomic E-state index is 0.210. The largest absolute Gasteiger partial charge is 0.307 e. The molecule has 3 heterocycles. The average molecular weight is 425 g/mol. The van der Waals surface area contributed by atoms with Gasteiger partial charge in [-0.05, 0) is 71.6 Å². The predicted octanol–water partition coefficient (Wildman–Crippen LogP) is 6.55. The summed E-state index contributed by atoms with van der Waals surface area (Å²) in [4.78, 5) is 4.56. The standard InChI is InChI=1S/C28H27FN3/c1-15-9-20-19-10-17(13-28(3,4)5)7-8-22(19)32-23-12-18(29)11-21-25(23)27(31(6)14-30-21)24(16(15)2)26(20)32/h7-12,14H,13H2,1-6H3/q+1. The highest BCUT2D eigenvalue weighted by Gasteiger charge is 2.25. The molecule has 0 radical (unpaired) electrons. The number of halogens is 1. The topological polar surface area (TPSA) is 21.2 Å². The van der Waals surface area contributed by atoms with Crippen LogP contribution in [0.3, 0.4) is 0 Å². The molecule has 0 bridgehead atoms. The van der Waals surface area contributed by atoms with Crippen molar-refractivity contribution in [3.8, 4) is 0 Å². The Morgan fingerprint density at radius 3 is 2.50 bits per heavy atom. The zero-order chi connectivity index (χ0) is 22.5. The minimum atomic E-state index is -0.258. The van der Waals surface area contributed by atoms with E-state index in [0.717, 1.165) is 33.9 Å². The van der Waals surface area contributed by atoms with Crippen molar-refractivity contribution in [3.05, 3.63) is 65.2 Å². The number of nitrogens with zero attached hydrogens (tertiary/aromatic N) is 3.